The van der Waals surface area contributed by atoms with E-state index in [-0.39, 0.29) is 5.91 Å². The van der Waals surface area contributed by atoms with E-state index >= 15 is 0 Å². The molecule has 0 radical (unpaired) electrons. The molecule has 0 bridgehead atoms. The minimum absolute atomic E-state index is 0.0704. The molecule has 0 aliphatic carbocycles. The summed E-state index contributed by atoms with van der Waals surface area (Å²) < 4.78 is 0. The van der Waals surface area contributed by atoms with Gasteiger partial charge in [0.05, 0.1) is 11.9 Å². The van der Waals surface area contributed by atoms with Gasteiger partial charge < -0.3 is 15.1 Å². The Kier molecular flexibility index (Phi) is 5.35. The number of anilines is 2. The number of nitrogens with one attached hydrogen (secondary N) is 1. The smallest absolute Gasteiger partial charge is 0.224 e. The van der Waals surface area contributed by atoms with Gasteiger partial charge in [0, 0.05) is 32.6 Å². The fourth-order valence-corrected chi connectivity index (χ4v) is 2.24. The Morgan fingerprint density at radius 1 is 1.30 bits per heavy atom. The van der Waals surface area contributed by atoms with Gasteiger partial charge in [-0.3, -0.25) is 4.79 Å². The van der Waals surface area contributed by atoms with Gasteiger partial charge in [-0.2, -0.15) is 0 Å². The Hall–Kier alpha value is -1.62. The van der Waals surface area contributed by atoms with Crippen LogP contribution in [0.15, 0.2) is 18.3 Å². The van der Waals surface area contributed by atoms with Crippen molar-refractivity contribution in [2.75, 3.05) is 43.4 Å². The lowest BCUT2D eigenvalue weighted by Gasteiger charge is -2.33. The molecule has 1 N–H and O–H groups in total. The van der Waals surface area contributed by atoms with Crippen LogP contribution < -0.4 is 10.2 Å². The van der Waals surface area contributed by atoms with Crippen molar-refractivity contribution in [2.45, 2.75) is 26.2 Å². The summed E-state index contributed by atoms with van der Waals surface area (Å²) in [6, 6.07) is 3.92. The number of hydrogen-bond donors (Lipinski definition) is 1. The lowest BCUT2D eigenvalue weighted by atomic mass is 10.2. The average molecular weight is 276 g/mol. The molecular weight excluding hydrogens is 252 g/mol. The maximum absolute atomic E-state index is 11.6. The number of carbonyl (C=O) groups excluding carboxylic acids is 1. The second kappa shape index (κ2) is 7.24. The van der Waals surface area contributed by atoms with Crippen molar-refractivity contribution in [1.82, 2.24) is 9.88 Å². The molecule has 110 valence electrons. The molecule has 1 saturated heterocycles. The van der Waals surface area contributed by atoms with E-state index in [2.05, 4.69) is 34.1 Å². The molecule has 1 aliphatic rings. The van der Waals surface area contributed by atoms with Crippen LogP contribution in [0.2, 0.25) is 0 Å². The second-order valence-electron chi connectivity index (χ2n) is 5.35. The summed E-state index contributed by atoms with van der Waals surface area (Å²) in [7, 11) is 2.14. The summed E-state index contributed by atoms with van der Waals surface area (Å²) >= 11 is 0. The van der Waals surface area contributed by atoms with Gasteiger partial charge in [-0.05, 0) is 25.6 Å². The van der Waals surface area contributed by atoms with E-state index in [4.69, 9.17) is 0 Å². The maximum atomic E-state index is 11.6. The zero-order valence-electron chi connectivity index (χ0n) is 12.4. The van der Waals surface area contributed by atoms with Crippen molar-refractivity contribution in [3.63, 3.8) is 0 Å². The minimum Gasteiger partial charge on any atom is -0.354 e. The molecule has 1 fully saturated rings. The zero-order valence-corrected chi connectivity index (χ0v) is 12.4. The van der Waals surface area contributed by atoms with Crippen molar-refractivity contribution < 1.29 is 4.79 Å². The van der Waals surface area contributed by atoms with Gasteiger partial charge in [0.1, 0.15) is 5.82 Å². The first-order valence-corrected chi connectivity index (χ1v) is 7.38. The predicted molar refractivity (Wildman–Crippen MR) is 82.1 cm³/mol. The van der Waals surface area contributed by atoms with Gasteiger partial charge in [0.15, 0.2) is 0 Å². The second-order valence-corrected chi connectivity index (χ2v) is 5.35. The normalized spacial score (nSPS) is 16.2. The average Bonchev–Trinajstić information content (AvgIpc) is 2.47. The highest BCUT2D eigenvalue weighted by molar-refractivity contribution is 5.90. The molecule has 20 heavy (non-hydrogen) atoms. The number of unbranched alkanes of at least 4 members (excludes halogenated alkanes) is 1. The molecule has 0 atom stereocenters. The van der Waals surface area contributed by atoms with Crippen molar-refractivity contribution in [3.8, 4) is 0 Å². The van der Waals surface area contributed by atoms with E-state index < -0.39 is 0 Å². The summed E-state index contributed by atoms with van der Waals surface area (Å²) in [4.78, 5) is 20.7. The molecular formula is C15H24N4O. The number of amides is 1. The number of pyridine rings is 1. The highest BCUT2D eigenvalue weighted by atomic mass is 16.1. The van der Waals surface area contributed by atoms with E-state index in [1.807, 2.05) is 12.1 Å². The molecule has 0 unspecified atom stereocenters. The van der Waals surface area contributed by atoms with Crippen LogP contribution in [-0.2, 0) is 4.79 Å². The molecule has 2 heterocycles. The number of piperazine rings is 1. The summed E-state index contributed by atoms with van der Waals surface area (Å²) in [5.74, 6) is 1.06. The number of carbonyl (C=O) groups is 1. The zero-order chi connectivity index (χ0) is 14.4. The topological polar surface area (TPSA) is 48.5 Å². The van der Waals surface area contributed by atoms with Crippen LogP contribution in [0.1, 0.15) is 26.2 Å². The molecule has 0 aromatic carbocycles. The van der Waals surface area contributed by atoms with Crippen molar-refractivity contribution >= 4 is 17.4 Å². The molecule has 0 spiro atoms. The maximum Gasteiger partial charge on any atom is 0.224 e. The highest BCUT2D eigenvalue weighted by Crippen LogP contribution is 2.16. The Balaban J connectivity index is 1.88. The molecule has 1 aromatic rings. The van der Waals surface area contributed by atoms with Crippen LogP contribution in [0.25, 0.3) is 0 Å². The predicted octanol–water partition coefficient (Wildman–Crippen LogP) is 1.96. The van der Waals surface area contributed by atoms with Gasteiger partial charge in [0.2, 0.25) is 5.91 Å². The molecule has 1 aromatic heterocycles. The quantitative estimate of drug-likeness (QED) is 0.893. The first kappa shape index (κ1) is 14.8. The number of rotatable bonds is 5. The molecule has 1 aliphatic heterocycles. The van der Waals surface area contributed by atoms with E-state index in [0.717, 1.165) is 50.5 Å². The van der Waals surface area contributed by atoms with Crippen LogP contribution in [0.4, 0.5) is 11.5 Å². The van der Waals surface area contributed by atoms with E-state index in [1.165, 1.54) is 0 Å². The summed E-state index contributed by atoms with van der Waals surface area (Å²) in [6.45, 7) is 6.23. The SMILES string of the molecule is CCCCC(=O)Nc1ccc(N2CCN(C)CC2)nc1. The Bertz CT molecular complexity index is 424. The summed E-state index contributed by atoms with van der Waals surface area (Å²) in [5, 5.41) is 2.89. The molecule has 5 nitrogen and oxygen atoms in total. The minimum atomic E-state index is 0.0704. The van der Waals surface area contributed by atoms with Gasteiger partial charge in [-0.1, -0.05) is 13.3 Å². The van der Waals surface area contributed by atoms with Crippen molar-refractivity contribution in [2.24, 2.45) is 0 Å². The third-order valence-electron chi connectivity index (χ3n) is 3.62. The van der Waals surface area contributed by atoms with E-state index in [0.29, 0.717) is 6.42 Å². The summed E-state index contributed by atoms with van der Waals surface area (Å²) in [6.07, 6.45) is 4.29. The van der Waals surface area contributed by atoms with Crippen LogP contribution >= 0.6 is 0 Å². The Morgan fingerprint density at radius 2 is 2.05 bits per heavy atom. The lowest BCUT2D eigenvalue weighted by molar-refractivity contribution is -0.116. The van der Waals surface area contributed by atoms with E-state index in [1.54, 1.807) is 6.20 Å². The van der Waals surface area contributed by atoms with Gasteiger partial charge >= 0.3 is 0 Å². The van der Waals surface area contributed by atoms with Crippen LogP contribution in [-0.4, -0.2) is 49.0 Å². The summed E-state index contributed by atoms with van der Waals surface area (Å²) in [5.41, 5.74) is 0.781. The van der Waals surface area contributed by atoms with Crippen LogP contribution in [0.3, 0.4) is 0 Å². The monoisotopic (exact) mass is 276 g/mol. The Morgan fingerprint density at radius 3 is 2.65 bits per heavy atom. The van der Waals surface area contributed by atoms with Crippen molar-refractivity contribution in [3.05, 3.63) is 18.3 Å². The molecule has 2 rings (SSSR count). The van der Waals surface area contributed by atoms with Gasteiger partial charge in [-0.15, -0.1) is 0 Å². The number of nitrogens with zero attached hydrogens (tertiary/aromatic N) is 3. The third-order valence-corrected chi connectivity index (χ3v) is 3.62. The molecule has 1 amide bonds. The van der Waals surface area contributed by atoms with Gasteiger partial charge in [0.25, 0.3) is 0 Å². The fourth-order valence-electron chi connectivity index (χ4n) is 2.24. The first-order valence-electron chi connectivity index (χ1n) is 7.38. The largest absolute Gasteiger partial charge is 0.354 e. The highest BCUT2D eigenvalue weighted by Gasteiger charge is 2.15. The molecule has 0 saturated carbocycles. The van der Waals surface area contributed by atoms with Gasteiger partial charge in [-0.25, -0.2) is 4.98 Å². The van der Waals surface area contributed by atoms with Crippen molar-refractivity contribution in [1.29, 1.82) is 0 Å². The fraction of sp³-hybridized carbons (Fsp3) is 0.600. The van der Waals surface area contributed by atoms with Crippen LogP contribution in [0.5, 0.6) is 0 Å². The third kappa shape index (κ3) is 4.20. The number of aromatic nitrogens is 1. The lowest BCUT2D eigenvalue weighted by Crippen LogP contribution is -2.44. The first-order chi connectivity index (χ1) is 9.69. The van der Waals surface area contributed by atoms with Crippen LogP contribution in [0, 0.1) is 0 Å². The number of likely N-dealkylation sites (N-methyl/N-ethyl adjacent to an activating group) is 1. The molecule has 5 heteroatoms. The number of hydrogen-bond acceptors (Lipinski definition) is 4. The standard InChI is InChI=1S/C15H24N4O/c1-3-4-5-15(20)17-13-6-7-14(16-12-13)19-10-8-18(2)9-11-19/h6-7,12H,3-5,8-11H2,1-2H3,(H,17,20). The van der Waals surface area contributed by atoms with E-state index in [9.17, 15) is 4.79 Å². The Labute approximate surface area is 121 Å².